The highest BCUT2D eigenvalue weighted by molar-refractivity contribution is 5.94. The van der Waals surface area contributed by atoms with Crippen LogP contribution in [0.5, 0.6) is 0 Å². The molecular weight excluding hydrogens is 192 g/mol. The third-order valence-corrected chi connectivity index (χ3v) is 1.86. The van der Waals surface area contributed by atoms with Crippen molar-refractivity contribution in [1.82, 2.24) is 0 Å². The first-order chi connectivity index (χ1) is 6.95. The van der Waals surface area contributed by atoms with Crippen molar-refractivity contribution in [3.05, 3.63) is 24.3 Å². The third kappa shape index (κ3) is 6.66. The summed E-state index contributed by atoms with van der Waals surface area (Å²) in [4.78, 5) is 22.1. The lowest BCUT2D eigenvalue weighted by molar-refractivity contribution is -0.139. The van der Waals surface area contributed by atoms with Crippen LogP contribution in [0.4, 0.5) is 0 Å². The Morgan fingerprint density at radius 2 is 1.67 bits per heavy atom. The Balaban J connectivity index is 3.48. The Morgan fingerprint density at radius 1 is 1.07 bits per heavy atom. The van der Waals surface area contributed by atoms with E-state index in [1.54, 1.807) is 13.8 Å². The molecule has 0 radical (unpaired) electrons. The molecule has 0 spiro atoms. The highest BCUT2D eigenvalue weighted by Crippen LogP contribution is 2.03. The maximum Gasteiger partial charge on any atom is 0.333 e. The number of rotatable bonds is 7. The second-order valence-electron chi connectivity index (χ2n) is 3.58. The summed E-state index contributed by atoms with van der Waals surface area (Å²) in [7, 11) is 0. The highest BCUT2D eigenvalue weighted by Gasteiger charge is 2.04. The van der Waals surface area contributed by atoms with E-state index in [2.05, 4.69) is 13.2 Å². The fraction of sp³-hybridized carbons (Fsp3) is 0.500. The van der Waals surface area contributed by atoms with Gasteiger partial charge in [0.05, 0.1) is 6.61 Å². The van der Waals surface area contributed by atoms with E-state index >= 15 is 0 Å². The summed E-state index contributed by atoms with van der Waals surface area (Å²) in [5.41, 5.74) is 0.974. The van der Waals surface area contributed by atoms with Crippen molar-refractivity contribution < 1.29 is 14.3 Å². The zero-order chi connectivity index (χ0) is 11.8. The molecule has 0 N–H and O–H groups in total. The highest BCUT2D eigenvalue weighted by atomic mass is 16.5. The van der Waals surface area contributed by atoms with Gasteiger partial charge in [-0.2, -0.15) is 0 Å². The van der Waals surface area contributed by atoms with Crippen molar-refractivity contribution in [1.29, 1.82) is 0 Å². The average Bonchev–Trinajstić information content (AvgIpc) is 2.16. The van der Waals surface area contributed by atoms with Crippen molar-refractivity contribution >= 4 is 11.8 Å². The van der Waals surface area contributed by atoms with Crippen molar-refractivity contribution in [2.75, 3.05) is 6.61 Å². The molecule has 0 aliphatic rings. The van der Waals surface area contributed by atoms with E-state index in [-0.39, 0.29) is 11.8 Å². The molecule has 0 fully saturated rings. The van der Waals surface area contributed by atoms with E-state index in [4.69, 9.17) is 4.74 Å². The first-order valence-corrected chi connectivity index (χ1v) is 4.96. The minimum atomic E-state index is -0.374. The van der Waals surface area contributed by atoms with Crippen LogP contribution in [0.3, 0.4) is 0 Å². The van der Waals surface area contributed by atoms with Gasteiger partial charge in [-0.25, -0.2) is 4.79 Å². The summed E-state index contributed by atoms with van der Waals surface area (Å²) in [5.74, 6) is -0.303. The molecule has 0 rings (SSSR count). The topological polar surface area (TPSA) is 43.4 Å². The molecule has 3 heteroatoms. The second kappa shape index (κ2) is 6.98. The van der Waals surface area contributed by atoms with Gasteiger partial charge in [0.1, 0.15) is 0 Å². The van der Waals surface area contributed by atoms with Gasteiger partial charge in [0.25, 0.3) is 0 Å². The number of Topliss-reactive ketones (excluding diaryl/α,β-unsaturated/α-hetero) is 1. The fourth-order valence-electron chi connectivity index (χ4n) is 0.889. The zero-order valence-corrected chi connectivity index (χ0v) is 9.47. The standard InChI is InChI=1S/C12H18O3/c1-9(2)11(13)7-5-6-8-15-12(14)10(3)4/h1,3,5-8H2,2,4H3. The number of carbonyl (C=O) groups excluding carboxylic acids is 2. The molecule has 0 saturated heterocycles. The lowest BCUT2D eigenvalue weighted by Crippen LogP contribution is -2.07. The van der Waals surface area contributed by atoms with Gasteiger partial charge in [-0.05, 0) is 32.3 Å². The molecule has 0 bridgehead atoms. The molecule has 0 saturated carbocycles. The average molecular weight is 210 g/mol. The smallest absolute Gasteiger partial charge is 0.333 e. The Hall–Kier alpha value is -1.38. The van der Waals surface area contributed by atoms with Gasteiger partial charge in [-0.1, -0.05) is 13.2 Å². The Kier molecular flexibility index (Phi) is 6.34. The molecule has 0 heterocycles. The molecule has 0 aromatic rings. The SMILES string of the molecule is C=C(C)C(=O)CCCCOC(=O)C(=C)C. The number of hydrogen-bond acceptors (Lipinski definition) is 3. The van der Waals surface area contributed by atoms with Gasteiger partial charge >= 0.3 is 5.97 Å². The van der Waals surface area contributed by atoms with Gasteiger partial charge in [0.15, 0.2) is 5.78 Å². The van der Waals surface area contributed by atoms with Crippen LogP contribution in [0.1, 0.15) is 33.1 Å². The van der Waals surface area contributed by atoms with Crippen LogP contribution in [0, 0.1) is 0 Å². The Morgan fingerprint density at radius 3 is 2.13 bits per heavy atom. The molecule has 0 aromatic carbocycles. The van der Waals surface area contributed by atoms with Crippen LogP contribution < -0.4 is 0 Å². The first kappa shape index (κ1) is 13.6. The molecule has 0 atom stereocenters. The molecule has 0 unspecified atom stereocenters. The summed E-state index contributed by atoms with van der Waals surface area (Å²) in [6, 6.07) is 0. The summed E-state index contributed by atoms with van der Waals surface area (Å²) in [6.07, 6.45) is 1.88. The van der Waals surface area contributed by atoms with Gasteiger partial charge in [0.2, 0.25) is 0 Å². The third-order valence-electron chi connectivity index (χ3n) is 1.86. The normalized spacial score (nSPS) is 9.47. The van der Waals surface area contributed by atoms with E-state index in [1.165, 1.54) is 0 Å². The van der Waals surface area contributed by atoms with Crippen LogP contribution in [0.2, 0.25) is 0 Å². The molecule has 15 heavy (non-hydrogen) atoms. The summed E-state index contributed by atoms with van der Waals surface area (Å²) >= 11 is 0. The van der Waals surface area contributed by atoms with Crippen LogP contribution in [0.25, 0.3) is 0 Å². The van der Waals surface area contributed by atoms with E-state index in [0.717, 1.165) is 6.42 Å². The lowest BCUT2D eigenvalue weighted by Gasteiger charge is -2.03. The summed E-state index contributed by atoms with van der Waals surface area (Å²) in [5, 5.41) is 0. The molecule has 0 aromatic heterocycles. The van der Waals surface area contributed by atoms with Gasteiger partial charge in [0, 0.05) is 12.0 Å². The first-order valence-electron chi connectivity index (χ1n) is 4.96. The lowest BCUT2D eigenvalue weighted by atomic mass is 10.1. The van der Waals surface area contributed by atoms with Crippen molar-refractivity contribution in [2.24, 2.45) is 0 Å². The number of esters is 1. The van der Waals surface area contributed by atoms with E-state index in [9.17, 15) is 9.59 Å². The fourth-order valence-corrected chi connectivity index (χ4v) is 0.889. The van der Waals surface area contributed by atoms with Gasteiger partial charge in [-0.15, -0.1) is 0 Å². The Bertz CT molecular complexity index is 249. The van der Waals surface area contributed by atoms with Crippen LogP contribution in [-0.2, 0) is 14.3 Å². The molecular formula is C12H18O3. The number of ether oxygens (including phenoxy) is 1. The predicted octanol–water partition coefficient (Wildman–Crippen LogP) is 2.42. The number of unbranched alkanes of at least 4 members (excludes halogenated alkanes) is 1. The van der Waals surface area contributed by atoms with Crippen molar-refractivity contribution in [3.63, 3.8) is 0 Å². The Labute approximate surface area is 90.8 Å². The minimum Gasteiger partial charge on any atom is -0.462 e. The van der Waals surface area contributed by atoms with Crippen LogP contribution in [-0.4, -0.2) is 18.4 Å². The zero-order valence-electron chi connectivity index (χ0n) is 9.47. The predicted molar refractivity (Wildman–Crippen MR) is 59.4 cm³/mol. The number of hydrogen-bond donors (Lipinski definition) is 0. The number of allylic oxidation sites excluding steroid dienone is 1. The molecule has 0 aliphatic carbocycles. The monoisotopic (exact) mass is 210 g/mol. The number of ketones is 1. The quantitative estimate of drug-likeness (QED) is 0.368. The minimum absolute atomic E-state index is 0.0706. The van der Waals surface area contributed by atoms with Crippen LogP contribution >= 0.6 is 0 Å². The van der Waals surface area contributed by atoms with Crippen LogP contribution in [0.15, 0.2) is 24.3 Å². The largest absolute Gasteiger partial charge is 0.462 e. The molecule has 3 nitrogen and oxygen atoms in total. The molecule has 84 valence electrons. The number of carbonyl (C=O) groups is 2. The maximum absolute atomic E-state index is 11.1. The van der Waals surface area contributed by atoms with E-state index in [1.807, 2.05) is 0 Å². The van der Waals surface area contributed by atoms with Crippen molar-refractivity contribution in [2.45, 2.75) is 33.1 Å². The van der Waals surface area contributed by atoms with Gasteiger partial charge in [-0.3, -0.25) is 4.79 Å². The molecule has 0 amide bonds. The summed E-state index contributed by atoms with van der Waals surface area (Å²) < 4.78 is 4.87. The van der Waals surface area contributed by atoms with Gasteiger partial charge < -0.3 is 4.74 Å². The molecule has 0 aliphatic heterocycles. The van der Waals surface area contributed by atoms with E-state index in [0.29, 0.717) is 30.6 Å². The maximum atomic E-state index is 11.1. The summed E-state index contributed by atoms with van der Waals surface area (Å²) in [6.45, 7) is 10.7. The van der Waals surface area contributed by atoms with E-state index < -0.39 is 0 Å². The van der Waals surface area contributed by atoms with Crippen molar-refractivity contribution in [3.8, 4) is 0 Å². The second-order valence-corrected chi connectivity index (χ2v) is 3.58.